The van der Waals surface area contributed by atoms with E-state index in [-0.39, 0.29) is 18.9 Å². The van der Waals surface area contributed by atoms with Crippen LogP contribution in [0.2, 0.25) is 0 Å². The zero-order valence-electron chi connectivity index (χ0n) is 16.1. The van der Waals surface area contributed by atoms with Gasteiger partial charge in [0, 0.05) is 17.6 Å². The summed E-state index contributed by atoms with van der Waals surface area (Å²) in [6.45, 7) is 4.97. The Labute approximate surface area is 163 Å². The molecule has 3 aromatic rings. The van der Waals surface area contributed by atoms with E-state index in [4.69, 9.17) is 0 Å². The van der Waals surface area contributed by atoms with E-state index in [0.29, 0.717) is 6.29 Å². The van der Waals surface area contributed by atoms with Gasteiger partial charge in [0.2, 0.25) is 0 Å². The second-order valence-corrected chi connectivity index (χ2v) is 7.03. The minimum absolute atomic E-state index is 0.0769. The zero-order valence-corrected chi connectivity index (χ0v) is 16.1. The molecule has 2 aromatic carbocycles. The summed E-state index contributed by atoms with van der Waals surface area (Å²) in [5.74, 6) is -0.302. The summed E-state index contributed by atoms with van der Waals surface area (Å²) in [6.07, 6.45) is 3.21. The molecule has 1 unspecified atom stereocenters. The summed E-state index contributed by atoms with van der Waals surface area (Å²) in [6, 6.07) is 10.1. The van der Waals surface area contributed by atoms with E-state index in [1.807, 2.05) is 26.0 Å². The van der Waals surface area contributed by atoms with Gasteiger partial charge in [-0.1, -0.05) is 6.92 Å². The van der Waals surface area contributed by atoms with Crippen molar-refractivity contribution < 1.29 is 14.3 Å². The molecule has 0 spiro atoms. The van der Waals surface area contributed by atoms with Crippen LogP contribution in [-0.4, -0.2) is 46.4 Å². The van der Waals surface area contributed by atoms with Crippen molar-refractivity contribution in [2.24, 2.45) is 0 Å². The van der Waals surface area contributed by atoms with Crippen LogP contribution in [0.1, 0.15) is 18.9 Å². The zero-order chi connectivity index (χ0) is 20.1. The number of aldehydes is 1. The standard InChI is InChI=1S/C21H25FN4O2/c1-3-8-23-12-21(28,14-27)13-24-19-9-15(2)10-20-18(19)11-25-26(20)17-6-4-16(22)5-7-17/h4-7,9-11,14,23-24,28H,3,8,12-13H2,1-2H3. The van der Waals surface area contributed by atoms with E-state index in [1.165, 1.54) is 12.1 Å². The van der Waals surface area contributed by atoms with Crippen LogP contribution in [0.25, 0.3) is 16.6 Å². The molecular formula is C21H25FN4O2. The topological polar surface area (TPSA) is 79.2 Å². The van der Waals surface area contributed by atoms with Gasteiger partial charge in [-0.15, -0.1) is 0 Å². The Balaban J connectivity index is 1.88. The van der Waals surface area contributed by atoms with Crippen molar-refractivity contribution in [1.29, 1.82) is 0 Å². The van der Waals surface area contributed by atoms with E-state index in [1.54, 1.807) is 23.0 Å². The van der Waals surface area contributed by atoms with Gasteiger partial charge in [-0.25, -0.2) is 9.07 Å². The molecule has 0 saturated carbocycles. The van der Waals surface area contributed by atoms with E-state index in [9.17, 15) is 14.3 Å². The third-order valence-corrected chi connectivity index (χ3v) is 4.57. The number of hydrogen-bond donors (Lipinski definition) is 3. The highest BCUT2D eigenvalue weighted by molar-refractivity contribution is 5.93. The molecule has 0 aliphatic carbocycles. The van der Waals surface area contributed by atoms with Gasteiger partial charge in [0.05, 0.1) is 23.9 Å². The first-order valence-electron chi connectivity index (χ1n) is 9.33. The Morgan fingerprint density at radius 2 is 2.00 bits per heavy atom. The molecule has 3 N–H and O–H groups in total. The van der Waals surface area contributed by atoms with Crippen LogP contribution in [-0.2, 0) is 4.79 Å². The molecule has 6 nitrogen and oxygen atoms in total. The number of hydrogen-bond acceptors (Lipinski definition) is 5. The molecule has 148 valence electrons. The van der Waals surface area contributed by atoms with Crippen molar-refractivity contribution in [3.05, 3.63) is 54.0 Å². The lowest BCUT2D eigenvalue weighted by molar-refractivity contribution is -0.122. The molecule has 0 saturated heterocycles. The Morgan fingerprint density at radius 1 is 1.25 bits per heavy atom. The molecule has 0 bridgehead atoms. The van der Waals surface area contributed by atoms with Crippen LogP contribution in [0.4, 0.5) is 10.1 Å². The third-order valence-electron chi connectivity index (χ3n) is 4.57. The number of halogens is 1. The first kappa shape index (κ1) is 20.0. The Hall–Kier alpha value is -2.77. The molecule has 1 atom stereocenters. The van der Waals surface area contributed by atoms with Crippen LogP contribution >= 0.6 is 0 Å². The van der Waals surface area contributed by atoms with Gasteiger partial charge >= 0.3 is 0 Å². The molecule has 3 rings (SSSR count). The number of nitrogens with one attached hydrogen (secondary N) is 2. The summed E-state index contributed by atoms with van der Waals surface area (Å²) < 4.78 is 15.0. The number of anilines is 1. The summed E-state index contributed by atoms with van der Waals surface area (Å²) in [7, 11) is 0. The second-order valence-electron chi connectivity index (χ2n) is 7.03. The second kappa shape index (κ2) is 8.50. The van der Waals surface area contributed by atoms with Crippen LogP contribution in [0.15, 0.2) is 42.6 Å². The van der Waals surface area contributed by atoms with Gasteiger partial charge < -0.3 is 20.5 Å². The average molecular weight is 384 g/mol. The molecule has 1 aromatic heterocycles. The average Bonchev–Trinajstić information content (AvgIpc) is 3.11. The van der Waals surface area contributed by atoms with E-state index in [2.05, 4.69) is 15.7 Å². The van der Waals surface area contributed by atoms with Crippen molar-refractivity contribution in [2.75, 3.05) is 25.0 Å². The third kappa shape index (κ3) is 4.37. The smallest absolute Gasteiger partial charge is 0.154 e. The van der Waals surface area contributed by atoms with Crippen molar-refractivity contribution in [1.82, 2.24) is 15.1 Å². The van der Waals surface area contributed by atoms with Crippen molar-refractivity contribution in [2.45, 2.75) is 25.9 Å². The highest BCUT2D eigenvalue weighted by Crippen LogP contribution is 2.27. The first-order valence-corrected chi connectivity index (χ1v) is 9.33. The predicted octanol–water partition coefficient (Wildman–Crippen LogP) is 2.81. The van der Waals surface area contributed by atoms with Crippen molar-refractivity contribution >= 4 is 22.9 Å². The largest absolute Gasteiger partial charge is 0.381 e. The SMILES string of the molecule is CCCNCC(O)(C=O)CNc1cc(C)cc2c1cnn2-c1ccc(F)cc1. The van der Waals surface area contributed by atoms with Gasteiger partial charge in [0.1, 0.15) is 11.4 Å². The number of carbonyl (C=O) groups excluding carboxylic acids is 1. The molecular weight excluding hydrogens is 359 g/mol. The fourth-order valence-corrected chi connectivity index (χ4v) is 3.08. The summed E-state index contributed by atoms with van der Waals surface area (Å²) in [4.78, 5) is 11.4. The Kier molecular flexibility index (Phi) is 6.06. The lowest BCUT2D eigenvalue weighted by Crippen LogP contribution is -2.47. The number of carbonyl (C=O) groups is 1. The molecule has 0 aliphatic heterocycles. The Morgan fingerprint density at radius 3 is 2.68 bits per heavy atom. The van der Waals surface area contributed by atoms with Gasteiger partial charge in [-0.3, -0.25) is 0 Å². The van der Waals surface area contributed by atoms with Crippen LogP contribution in [0.5, 0.6) is 0 Å². The summed E-state index contributed by atoms with van der Waals surface area (Å²) in [5.41, 5.74) is 1.88. The van der Waals surface area contributed by atoms with Crippen LogP contribution in [0.3, 0.4) is 0 Å². The number of benzene rings is 2. The maximum absolute atomic E-state index is 13.2. The van der Waals surface area contributed by atoms with Gasteiger partial charge in [-0.05, 0) is 61.9 Å². The summed E-state index contributed by atoms with van der Waals surface area (Å²) >= 11 is 0. The lowest BCUT2D eigenvalue weighted by Gasteiger charge is -2.23. The van der Waals surface area contributed by atoms with Crippen LogP contribution in [0, 0.1) is 12.7 Å². The van der Waals surface area contributed by atoms with E-state index >= 15 is 0 Å². The molecule has 0 aliphatic rings. The number of aromatic nitrogens is 2. The number of aliphatic hydroxyl groups is 1. The monoisotopic (exact) mass is 384 g/mol. The van der Waals surface area contributed by atoms with Gasteiger partial charge in [0.15, 0.2) is 6.29 Å². The quantitative estimate of drug-likeness (QED) is 0.391. The number of nitrogens with zero attached hydrogens (tertiary/aromatic N) is 2. The summed E-state index contributed by atoms with van der Waals surface area (Å²) in [5, 5.41) is 22.1. The minimum atomic E-state index is -1.50. The molecule has 1 heterocycles. The van der Waals surface area contributed by atoms with Gasteiger partial charge in [0.25, 0.3) is 0 Å². The number of aryl methyl sites for hydroxylation is 1. The number of fused-ring (bicyclic) bond motifs is 1. The Bertz CT molecular complexity index is 955. The molecule has 7 heteroatoms. The fourth-order valence-electron chi connectivity index (χ4n) is 3.08. The first-order chi connectivity index (χ1) is 13.5. The molecule has 0 fully saturated rings. The molecule has 28 heavy (non-hydrogen) atoms. The minimum Gasteiger partial charge on any atom is -0.381 e. The highest BCUT2D eigenvalue weighted by Gasteiger charge is 2.26. The highest BCUT2D eigenvalue weighted by atomic mass is 19.1. The lowest BCUT2D eigenvalue weighted by atomic mass is 10.1. The molecule has 0 radical (unpaired) electrons. The molecule has 0 amide bonds. The van der Waals surface area contributed by atoms with Crippen LogP contribution < -0.4 is 10.6 Å². The van der Waals surface area contributed by atoms with E-state index in [0.717, 1.165) is 40.8 Å². The van der Waals surface area contributed by atoms with Gasteiger partial charge in [-0.2, -0.15) is 5.10 Å². The fraction of sp³-hybridized carbons (Fsp3) is 0.333. The maximum Gasteiger partial charge on any atom is 0.154 e. The van der Waals surface area contributed by atoms with Crippen molar-refractivity contribution in [3.63, 3.8) is 0 Å². The maximum atomic E-state index is 13.2. The number of rotatable bonds is 9. The normalized spacial score (nSPS) is 13.4. The van der Waals surface area contributed by atoms with Crippen molar-refractivity contribution in [3.8, 4) is 5.69 Å². The van der Waals surface area contributed by atoms with E-state index < -0.39 is 5.60 Å². The predicted molar refractivity (Wildman–Crippen MR) is 108 cm³/mol.